The van der Waals surface area contributed by atoms with E-state index in [-0.39, 0.29) is 5.38 Å². The molecule has 0 spiro atoms. The number of fused-ring (bicyclic) bond motifs is 1. The third-order valence-electron chi connectivity index (χ3n) is 3.74. The van der Waals surface area contributed by atoms with E-state index in [2.05, 4.69) is 52.5 Å². The molecule has 0 saturated heterocycles. The summed E-state index contributed by atoms with van der Waals surface area (Å²) in [6.07, 6.45) is 0. The van der Waals surface area contributed by atoms with Gasteiger partial charge < -0.3 is 0 Å². The zero-order valence-corrected chi connectivity index (χ0v) is 14.5. The van der Waals surface area contributed by atoms with Gasteiger partial charge in [0.05, 0.1) is 22.1 Å². The zero-order chi connectivity index (χ0) is 15.1. The van der Waals surface area contributed by atoms with Crippen molar-refractivity contribution >= 4 is 38.6 Å². The minimum absolute atomic E-state index is 0.157. The Morgan fingerprint density at radius 1 is 1.14 bits per heavy atom. The van der Waals surface area contributed by atoms with Gasteiger partial charge in [0.2, 0.25) is 0 Å². The number of nitrogens with zero attached hydrogens (tertiary/aromatic N) is 2. The van der Waals surface area contributed by atoms with Gasteiger partial charge in [-0.1, -0.05) is 34.1 Å². The van der Waals surface area contributed by atoms with E-state index >= 15 is 0 Å². The minimum Gasteiger partial charge on any atom is -0.294 e. The van der Waals surface area contributed by atoms with Gasteiger partial charge in [0.15, 0.2) is 0 Å². The van der Waals surface area contributed by atoms with Crippen LogP contribution in [0, 0.1) is 13.8 Å². The van der Waals surface area contributed by atoms with E-state index in [1.807, 2.05) is 25.1 Å². The van der Waals surface area contributed by atoms with Crippen LogP contribution in [0.4, 0.5) is 0 Å². The lowest BCUT2D eigenvalue weighted by molar-refractivity contribution is 0.876. The molecule has 1 heterocycles. The standard InChI is InChI=1S/C17H16BrClN2/c1-10-6-4-8-14-16(10)21(17(20-14)12(3)19)15-9-5-7-13(18)11(15)2/h4-9,12H,1-3H3. The summed E-state index contributed by atoms with van der Waals surface area (Å²) in [5.74, 6) is 0.877. The molecule has 0 aliphatic carbocycles. The van der Waals surface area contributed by atoms with Crippen molar-refractivity contribution in [1.82, 2.24) is 9.55 Å². The molecule has 0 radical (unpaired) electrons. The Balaban J connectivity index is 2.45. The number of alkyl halides is 1. The predicted octanol–water partition coefficient (Wildman–Crippen LogP) is 5.70. The fraction of sp³-hybridized carbons (Fsp3) is 0.235. The van der Waals surface area contributed by atoms with Crippen LogP contribution in [0.1, 0.15) is 29.3 Å². The Hall–Kier alpha value is -1.32. The van der Waals surface area contributed by atoms with Crippen LogP contribution in [0.15, 0.2) is 40.9 Å². The highest BCUT2D eigenvalue weighted by molar-refractivity contribution is 9.10. The lowest BCUT2D eigenvalue weighted by Gasteiger charge is -2.15. The maximum Gasteiger partial charge on any atom is 0.132 e. The van der Waals surface area contributed by atoms with Crippen LogP contribution >= 0.6 is 27.5 Å². The number of rotatable bonds is 2. The molecule has 2 nitrogen and oxygen atoms in total. The highest BCUT2D eigenvalue weighted by Crippen LogP contribution is 2.32. The second-order valence-corrected chi connectivity index (χ2v) is 6.76. The van der Waals surface area contributed by atoms with E-state index in [1.165, 1.54) is 11.1 Å². The molecule has 3 aromatic rings. The second-order valence-electron chi connectivity index (χ2n) is 5.25. The van der Waals surface area contributed by atoms with Gasteiger partial charge >= 0.3 is 0 Å². The summed E-state index contributed by atoms with van der Waals surface area (Å²) in [4.78, 5) is 4.74. The molecular weight excluding hydrogens is 348 g/mol. The number of hydrogen-bond acceptors (Lipinski definition) is 1. The molecule has 1 aromatic heterocycles. The van der Waals surface area contributed by atoms with Crippen molar-refractivity contribution in [2.45, 2.75) is 26.1 Å². The molecule has 3 rings (SSSR count). The summed E-state index contributed by atoms with van der Waals surface area (Å²) in [6, 6.07) is 12.4. The SMILES string of the molecule is Cc1c(Br)cccc1-n1c(C(C)Cl)nc2cccc(C)c21. The summed E-state index contributed by atoms with van der Waals surface area (Å²) in [5.41, 5.74) is 5.60. The van der Waals surface area contributed by atoms with Crippen molar-refractivity contribution in [2.24, 2.45) is 0 Å². The van der Waals surface area contributed by atoms with Crippen molar-refractivity contribution < 1.29 is 0 Å². The normalized spacial score (nSPS) is 12.8. The van der Waals surface area contributed by atoms with Crippen LogP contribution in [0.3, 0.4) is 0 Å². The van der Waals surface area contributed by atoms with E-state index in [0.29, 0.717) is 0 Å². The number of benzene rings is 2. The molecule has 0 N–H and O–H groups in total. The molecule has 0 aliphatic rings. The highest BCUT2D eigenvalue weighted by atomic mass is 79.9. The molecule has 1 atom stereocenters. The maximum atomic E-state index is 6.38. The Morgan fingerprint density at radius 3 is 2.57 bits per heavy atom. The maximum absolute atomic E-state index is 6.38. The highest BCUT2D eigenvalue weighted by Gasteiger charge is 2.19. The number of aryl methyl sites for hydroxylation is 1. The molecule has 0 saturated carbocycles. The summed E-state index contributed by atoms with van der Waals surface area (Å²) >= 11 is 9.99. The van der Waals surface area contributed by atoms with E-state index in [9.17, 15) is 0 Å². The predicted molar refractivity (Wildman–Crippen MR) is 92.5 cm³/mol. The average Bonchev–Trinajstić information content (AvgIpc) is 2.83. The first kappa shape index (κ1) is 14.6. The number of aromatic nitrogens is 2. The molecule has 1 unspecified atom stereocenters. The third kappa shape index (κ3) is 2.39. The van der Waals surface area contributed by atoms with Crippen LogP contribution in [0.2, 0.25) is 0 Å². The van der Waals surface area contributed by atoms with Crippen molar-refractivity contribution in [3.05, 3.63) is 57.8 Å². The number of hydrogen-bond donors (Lipinski definition) is 0. The average molecular weight is 364 g/mol. The van der Waals surface area contributed by atoms with Gasteiger partial charge in [-0.05, 0) is 50.1 Å². The number of imidazole rings is 1. The Bertz CT molecular complexity index is 821. The largest absolute Gasteiger partial charge is 0.294 e. The lowest BCUT2D eigenvalue weighted by atomic mass is 10.1. The molecule has 21 heavy (non-hydrogen) atoms. The lowest BCUT2D eigenvalue weighted by Crippen LogP contribution is -2.04. The van der Waals surface area contributed by atoms with E-state index < -0.39 is 0 Å². The fourth-order valence-corrected chi connectivity index (χ4v) is 3.16. The number of para-hydroxylation sites is 1. The second kappa shape index (κ2) is 5.47. The molecule has 0 aliphatic heterocycles. The van der Waals surface area contributed by atoms with E-state index in [4.69, 9.17) is 16.6 Å². The molecule has 4 heteroatoms. The first-order valence-electron chi connectivity index (χ1n) is 6.88. The Labute approximate surface area is 137 Å². The van der Waals surface area contributed by atoms with Crippen molar-refractivity contribution in [3.63, 3.8) is 0 Å². The van der Waals surface area contributed by atoms with E-state index in [1.54, 1.807) is 0 Å². The van der Waals surface area contributed by atoms with Crippen LogP contribution in [-0.4, -0.2) is 9.55 Å². The van der Waals surface area contributed by atoms with Gasteiger partial charge in [0, 0.05) is 4.47 Å². The third-order valence-corrected chi connectivity index (χ3v) is 4.79. The summed E-state index contributed by atoms with van der Waals surface area (Å²) in [5, 5.41) is -0.157. The van der Waals surface area contributed by atoms with Gasteiger partial charge in [-0.2, -0.15) is 0 Å². The zero-order valence-electron chi connectivity index (χ0n) is 12.2. The molecule has 0 bridgehead atoms. The van der Waals surface area contributed by atoms with E-state index in [0.717, 1.165) is 27.0 Å². The molecule has 0 fully saturated rings. The van der Waals surface area contributed by atoms with Crippen LogP contribution in [0.5, 0.6) is 0 Å². The summed E-state index contributed by atoms with van der Waals surface area (Å²) in [6.45, 7) is 6.17. The molecular formula is C17H16BrClN2. The minimum atomic E-state index is -0.157. The molecule has 108 valence electrons. The summed E-state index contributed by atoms with van der Waals surface area (Å²) in [7, 11) is 0. The van der Waals surface area contributed by atoms with Crippen LogP contribution < -0.4 is 0 Å². The van der Waals surface area contributed by atoms with Crippen molar-refractivity contribution in [1.29, 1.82) is 0 Å². The molecule has 0 amide bonds. The first-order chi connectivity index (χ1) is 10.0. The van der Waals surface area contributed by atoms with Crippen LogP contribution in [0.25, 0.3) is 16.7 Å². The molecule has 2 aromatic carbocycles. The van der Waals surface area contributed by atoms with Gasteiger partial charge in [0.1, 0.15) is 5.82 Å². The van der Waals surface area contributed by atoms with Crippen molar-refractivity contribution in [2.75, 3.05) is 0 Å². The van der Waals surface area contributed by atoms with Crippen molar-refractivity contribution in [3.8, 4) is 5.69 Å². The fourth-order valence-electron chi connectivity index (χ4n) is 2.66. The van der Waals surface area contributed by atoms with Gasteiger partial charge in [-0.25, -0.2) is 4.98 Å². The Kier molecular flexibility index (Phi) is 3.80. The van der Waals surface area contributed by atoms with Gasteiger partial charge in [0.25, 0.3) is 0 Å². The first-order valence-corrected chi connectivity index (χ1v) is 8.11. The van der Waals surface area contributed by atoms with Crippen LogP contribution in [-0.2, 0) is 0 Å². The Morgan fingerprint density at radius 2 is 1.86 bits per heavy atom. The smallest absolute Gasteiger partial charge is 0.132 e. The topological polar surface area (TPSA) is 17.8 Å². The van der Waals surface area contributed by atoms with Gasteiger partial charge in [-0.15, -0.1) is 11.6 Å². The quantitative estimate of drug-likeness (QED) is 0.534. The van der Waals surface area contributed by atoms with Gasteiger partial charge in [-0.3, -0.25) is 4.57 Å². The number of halogens is 2. The monoisotopic (exact) mass is 362 g/mol. The summed E-state index contributed by atoms with van der Waals surface area (Å²) < 4.78 is 3.27.